The first-order chi connectivity index (χ1) is 13.6. The Bertz CT molecular complexity index is 960. The first-order valence-corrected chi connectivity index (χ1v) is 8.89. The fraction of sp³-hybridized carbons (Fsp3) is 0.316. The molecule has 3 aromatic rings. The molecule has 0 fully saturated rings. The van der Waals surface area contributed by atoms with Crippen LogP contribution in [0.5, 0.6) is 0 Å². The summed E-state index contributed by atoms with van der Waals surface area (Å²) in [6.45, 7) is 5.38. The number of aryl methyl sites for hydroxylation is 1. The van der Waals surface area contributed by atoms with E-state index < -0.39 is 0 Å². The summed E-state index contributed by atoms with van der Waals surface area (Å²) < 4.78 is 7.28. The largest absolute Gasteiger partial charge is 0.383 e. The molecule has 0 saturated carbocycles. The molecule has 9 heteroatoms. The molecule has 1 amide bonds. The highest BCUT2D eigenvalue weighted by Gasteiger charge is 2.09. The van der Waals surface area contributed by atoms with Crippen molar-refractivity contribution in [3.05, 3.63) is 53.3 Å². The fourth-order valence-electron chi connectivity index (χ4n) is 2.84. The summed E-state index contributed by atoms with van der Waals surface area (Å²) in [6, 6.07) is 11.5. The quantitative estimate of drug-likeness (QED) is 0.471. The highest BCUT2D eigenvalue weighted by Crippen LogP contribution is 2.13. The van der Waals surface area contributed by atoms with E-state index in [1.54, 1.807) is 13.3 Å². The van der Waals surface area contributed by atoms with Crippen molar-refractivity contribution >= 4 is 12.1 Å². The Morgan fingerprint density at radius 2 is 2.07 bits per heavy atom. The Balaban J connectivity index is 1.57. The van der Waals surface area contributed by atoms with Gasteiger partial charge in [0.05, 0.1) is 12.8 Å². The molecule has 0 aliphatic carbocycles. The minimum atomic E-state index is -0.332. The molecule has 0 saturated heterocycles. The van der Waals surface area contributed by atoms with Gasteiger partial charge < -0.3 is 9.30 Å². The molecule has 146 valence electrons. The maximum absolute atomic E-state index is 12.1. The van der Waals surface area contributed by atoms with Crippen molar-refractivity contribution < 1.29 is 9.53 Å². The maximum atomic E-state index is 12.1. The minimum Gasteiger partial charge on any atom is -0.383 e. The van der Waals surface area contributed by atoms with Gasteiger partial charge in [-0.3, -0.25) is 4.79 Å². The van der Waals surface area contributed by atoms with Crippen molar-refractivity contribution in [2.24, 2.45) is 5.10 Å². The summed E-state index contributed by atoms with van der Waals surface area (Å²) in [6.07, 6.45) is 1.63. The number of hydrazone groups is 1. The average Bonchev–Trinajstić information content (AvgIpc) is 3.26. The van der Waals surface area contributed by atoms with Gasteiger partial charge in [0.25, 0.3) is 5.91 Å². The third-order valence-corrected chi connectivity index (χ3v) is 4.29. The van der Waals surface area contributed by atoms with Gasteiger partial charge in [-0.25, -0.2) is 5.43 Å². The number of rotatable bonds is 8. The number of tetrazole rings is 1. The summed E-state index contributed by atoms with van der Waals surface area (Å²) >= 11 is 0. The molecular weight excluding hydrogens is 358 g/mol. The lowest BCUT2D eigenvalue weighted by Gasteiger charge is -2.08. The monoisotopic (exact) mass is 381 g/mol. The van der Waals surface area contributed by atoms with Gasteiger partial charge in [-0.15, -0.1) is 10.2 Å². The van der Waals surface area contributed by atoms with Crippen molar-refractivity contribution in [2.45, 2.75) is 26.9 Å². The maximum Gasteiger partial charge on any atom is 0.263 e. The van der Waals surface area contributed by atoms with Crippen LogP contribution in [0.1, 0.15) is 17.0 Å². The Kier molecular flexibility index (Phi) is 6.28. The molecule has 2 aromatic heterocycles. The molecule has 2 heterocycles. The Hall–Kier alpha value is -3.33. The Morgan fingerprint density at radius 3 is 2.82 bits per heavy atom. The lowest BCUT2D eigenvalue weighted by atomic mass is 10.2. The molecule has 28 heavy (non-hydrogen) atoms. The molecule has 0 radical (unpaired) electrons. The van der Waals surface area contributed by atoms with Gasteiger partial charge in [0.2, 0.25) is 5.82 Å². The van der Waals surface area contributed by atoms with E-state index in [0.29, 0.717) is 12.4 Å². The van der Waals surface area contributed by atoms with Crippen molar-refractivity contribution in [3.8, 4) is 11.4 Å². The van der Waals surface area contributed by atoms with Crippen molar-refractivity contribution in [3.63, 3.8) is 0 Å². The molecule has 0 aliphatic rings. The van der Waals surface area contributed by atoms with Crippen LogP contribution >= 0.6 is 0 Å². The number of aromatic nitrogens is 5. The highest BCUT2D eigenvalue weighted by molar-refractivity contribution is 5.83. The zero-order valence-electron chi connectivity index (χ0n) is 16.2. The number of nitrogens with one attached hydrogen (secondary N) is 1. The summed E-state index contributed by atoms with van der Waals surface area (Å²) in [4.78, 5) is 13.3. The molecule has 0 atom stereocenters. The molecule has 0 spiro atoms. The average molecular weight is 381 g/mol. The predicted octanol–water partition coefficient (Wildman–Crippen LogP) is 1.56. The molecule has 1 aromatic carbocycles. The first kappa shape index (κ1) is 19.4. The van der Waals surface area contributed by atoms with E-state index in [-0.39, 0.29) is 12.5 Å². The lowest BCUT2D eigenvalue weighted by molar-refractivity contribution is -0.122. The number of hydrogen-bond acceptors (Lipinski definition) is 6. The van der Waals surface area contributed by atoms with E-state index in [9.17, 15) is 4.79 Å². The second-order valence-electron chi connectivity index (χ2n) is 6.27. The molecule has 0 bridgehead atoms. The van der Waals surface area contributed by atoms with E-state index in [1.165, 1.54) is 4.80 Å². The normalized spacial score (nSPS) is 11.2. The number of amides is 1. The molecule has 1 N–H and O–H groups in total. The summed E-state index contributed by atoms with van der Waals surface area (Å²) in [5.41, 5.74) is 6.46. The zero-order valence-corrected chi connectivity index (χ0v) is 16.2. The molecular formula is C19H23N7O2. The predicted molar refractivity (Wildman–Crippen MR) is 105 cm³/mol. The van der Waals surface area contributed by atoms with Gasteiger partial charge in [0.1, 0.15) is 6.54 Å². The van der Waals surface area contributed by atoms with E-state index in [4.69, 9.17) is 4.74 Å². The zero-order chi connectivity index (χ0) is 19.9. The van der Waals surface area contributed by atoms with E-state index in [0.717, 1.165) is 29.1 Å². The van der Waals surface area contributed by atoms with Crippen molar-refractivity contribution in [1.82, 2.24) is 30.2 Å². The molecule has 0 unspecified atom stereocenters. The lowest BCUT2D eigenvalue weighted by Crippen LogP contribution is -2.24. The molecule has 0 aliphatic heterocycles. The van der Waals surface area contributed by atoms with Gasteiger partial charge in [-0.1, -0.05) is 30.3 Å². The number of carbonyl (C=O) groups is 1. The fourth-order valence-corrected chi connectivity index (χ4v) is 2.84. The van der Waals surface area contributed by atoms with Crippen LogP contribution in [-0.4, -0.2) is 50.6 Å². The Morgan fingerprint density at radius 1 is 1.29 bits per heavy atom. The SMILES string of the molecule is COCCn1c(C)cc(/C=N/NC(=O)Cn2nnc(-c3ccccc3)n2)c1C. The smallest absolute Gasteiger partial charge is 0.263 e. The van der Waals surface area contributed by atoms with Gasteiger partial charge in [-0.2, -0.15) is 9.90 Å². The van der Waals surface area contributed by atoms with Gasteiger partial charge in [0.15, 0.2) is 0 Å². The van der Waals surface area contributed by atoms with Crippen molar-refractivity contribution in [1.29, 1.82) is 0 Å². The highest BCUT2D eigenvalue weighted by atomic mass is 16.5. The van der Waals surface area contributed by atoms with E-state index >= 15 is 0 Å². The van der Waals surface area contributed by atoms with Gasteiger partial charge in [-0.05, 0) is 25.1 Å². The van der Waals surface area contributed by atoms with Crippen LogP contribution in [-0.2, 0) is 22.6 Å². The van der Waals surface area contributed by atoms with Crippen LogP contribution in [0, 0.1) is 13.8 Å². The van der Waals surface area contributed by atoms with Crippen LogP contribution in [0.15, 0.2) is 41.5 Å². The number of benzene rings is 1. The summed E-state index contributed by atoms with van der Waals surface area (Å²) in [7, 11) is 1.68. The number of ether oxygens (including phenoxy) is 1. The number of hydrogen-bond donors (Lipinski definition) is 1. The van der Waals surface area contributed by atoms with Gasteiger partial charge in [0, 0.05) is 36.2 Å². The van der Waals surface area contributed by atoms with Crippen LogP contribution in [0.4, 0.5) is 0 Å². The minimum absolute atomic E-state index is 0.0654. The van der Waals surface area contributed by atoms with E-state index in [1.807, 2.05) is 50.2 Å². The number of methoxy groups -OCH3 is 1. The molecule has 9 nitrogen and oxygen atoms in total. The second kappa shape index (κ2) is 9.05. The van der Waals surface area contributed by atoms with Gasteiger partial charge >= 0.3 is 0 Å². The second-order valence-corrected chi connectivity index (χ2v) is 6.27. The standard InChI is InChI=1S/C19H23N7O2/c1-14-11-17(15(2)25(14)9-10-28-3)12-20-21-18(27)13-26-23-19(22-24-26)16-7-5-4-6-8-16/h4-8,11-12H,9-10,13H2,1-3H3,(H,21,27)/b20-12+. The third-order valence-electron chi connectivity index (χ3n) is 4.29. The molecule has 3 rings (SSSR count). The van der Waals surface area contributed by atoms with E-state index in [2.05, 4.69) is 30.5 Å². The van der Waals surface area contributed by atoms with Crippen LogP contribution in [0.25, 0.3) is 11.4 Å². The van der Waals surface area contributed by atoms with Crippen molar-refractivity contribution in [2.75, 3.05) is 13.7 Å². The summed E-state index contributed by atoms with van der Waals surface area (Å²) in [5.74, 6) is 0.141. The number of carbonyl (C=O) groups excluding carboxylic acids is 1. The Labute approximate surface area is 163 Å². The van der Waals surface area contributed by atoms with Crippen LogP contribution in [0.2, 0.25) is 0 Å². The van der Waals surface area contributed by atoms with Crippen LogP contribution < -0.4 is 5.43 Å². The number of nitrogens with zero attached hydrogens (tertiary/aromatic N) is 6. The third kappa shape index (κ3) is 4.68. The topological polar surface area (TPSA) is 99.2 Å². The van der Waals surface area contributed by atoms with Crippen LogP contribution in [0.3, 0.4) is 0 Å². The first-order valence-electron chi connectivity index (χ1n) is 8.89. The summed E-state index contributed by atoms with van der Waals surface area (Å²) in [5, 5.41) is 16.1.